The Labute approximate surface area is 640 Å². The van der Waals surface area contributed by atoms with Gasteiger partial charge in [-0.15, -0.1) is 0 Å². The van der Waals surface area contributed by atoms with Crippen molar-refractivity contribution in [3.63, 3.8) is 0 Å². The van der Waals surface area contributed by atoms with E-state index in [0.29, 0.717) is 45.0 Å². The summed E-state index contributed by atoms with van der Waals surface area (Å²) in [6.07, 6.45) is 6.95. The number of amides is 1. The van der Waals surface area contributed by atoms with Crippen molar-refractivity contribution < 1.29 is 82.5 Å². The standard InChI is InChI=1S/C25H20F3N5O3.C18H13ClF3N5O2.C12H18BNO3.C11H10ClFN4.C7H5F2NO3/c1-33-13-15(6-11-20(33)35)22-21(14-4-7-16(26)8-5-14)32-24(29)17(31-22)9-10-18(34)23-19(36-25(27)28)3-2-12-30-23;19-15-13(9-3-5-10(20)6-4-9)27-16(23)11(26-15)8-25-17(28)14-12(29-18(21)22)2-1-7-24-14;1-11(2)12(3,4)17-13(16-11)9-6-7-10(15)14(5)8-9;12-10-9(6-1-3-7(13)4-2-6)17-11(15)8(5-14)16-10;8-7(9)13-4-2-1-3-10-5(4)6(11)12/h2-8,11-13,25H,9-10H2,1H3,(H2,29,32);1-7,18H,8H2,(H2,23,27)(H,25,28);6-8H,1-5H3;1-4H,5,14H2,(H2,15,17);1-3,7H,(H,11,12). The van der Waals surface area contributed by atoms with E-state index in [-0.39, 0.29) is 122 Å². The summed E-state index contributed by atoms with van der Waals surface area (Å²) >= 11 is 12.1. The summed E-state index contributed by atoms with van der Waals surface area (Å²) in [5.74, 6) is -4.78. The third-order valence-corrected chi connectivity index (χ3v) is 16.6. The summed E-state index contributed by atoms with van der Waals surface area (Å²) in [7, 11) is 2.89. The number of aryl methyl sites for hydroxylation is 3. The molecule has 0 atom stereocenters. The van der Waals surface area contributed by atoms with Gasteiger partial charge in [0.25, 0.3) is 5.91 Å². The number of nitrogens with two attached hydrogens (primary N) is 4. The first-order valence-electron chi connectivity index (χ1n) is 32.7. The van der Waals surface area contributed by atoms with E-state index in [9.17, 15) is 63.5 Å². The highest BCUT2D eigenvalue weighted by Crippen LogP contribution is 2.37. The van der Waals surface area contributed by atoms with Crippen LogP contribution >= 0.6 is 23.2 Å². The SMILES string of the molecule is Cn1cc(-c2nc(CCC(=O)c3ncccc3OC(F)F)c(N)nc2-c2ccc(F)cc2)ccc1=O.Cn1cc(B2OC(C)(C)C(C)(C)O2)ccc1=O.NCc1nc(Cl)c(-c2ccc(F)cc2)nc1N.Nc1nc(-c2ccc(F)cc2)c(Cl)nc1CNC(=O)c1ncccc1OC(F)F.O=C(O)c1ncccc1OC(F)F. The van der Waals surface area contributed by atoms with Crippen molar-refractivity contribution in [1.29, 1.82) is 0 Å². The van der Waals surface area contributed by atoms with E-state index in [0.717, 1.165) is 11.5 Å². The van der Waals surface area contributed by atoms with Gasteiger partial charge in [0, 0.05) is 98.9 Å². The van der Waals surface area contributed by atoms with Gasteiger partial charge < -0.3 is 66.0 Å². The second-order valence-corrected chi connectivity index (χ2v) is 25.0. The Morgan fingerprint density at radius 1 is 0.518 bits per heavy atom. The van der Waals surface area contributed by atoms with Gasteiger partial charge in [-0.1, -0.05) is 29.3 Å². The number of rotatable bonds is 20. The van der Waals surface area contributed by atoms with Gasteiger partial charge in [-0.25, -0.2) is 62.8 Å². The van der Waals surface area contributed by atoms with E-state index < -0.39 is 67.7 Å². The van der Waals surface area contributed by atoms with Crippen molar-refractivity contribution in [2.24, 2.45) is 19.8 Å². The quantitative estimate of drug-likeness (QED) is 0.0234. The Bertz CT molecular complexity index is 5270. The van der Waals surface area contributed by atoms with Gasteiger partial charge in [0.05, 0.1) is 40.5 Å². The van der Waals surface area contributed by atoms with Gasteiger partial charge in [-0.05, 0) is 148 Å². The van der Waals surface area contributed by atoms with Crippen LogP contribution in [0.25, 0.3) is 45.0 Å². The lowest BCUT2D eigenvalue weighted by atomic mass is 9.80. The van der Waals surface area contributed by atoms with Crippen LogP contribution in [-0.2, 0) is 42.9 Å². The molecule has 584 valence electrons. The second kappa shape index (κ2) is 38.3. The highest BCUT2D eigenvalue weighted by molar-refractivity contribution is 6.62. The van der Waals surface area contributed by atoms with Crippen LogP contribution in [0.15, 0.2) is 174 Å². The number of carboxylic acid groups (broad SMARTS) is 1. The minimum absolute atomic E-state index is 0.00499. The molecule has 0 saturated carbocycles. The molecule has 0 bridgehead atoms. The Balaban J connectivity index is 0.000000185. The number of halogens is 11. The number of Topliss-reactive ketones (excluding diaryl/α,β-unsaturated/α-hetero) is 1. The number of nitrogen functional groups attached to an aromatic ring is 3. The van der Waals surface area contributed by atoms with E-state index in [2.05, 4.69) is 64.4 Å². The number of carboxylic acids is 1. The molecule has 10 N–H and O–H groups in total. The third-order valence-electron chi connectivity index (χ3n) is 16.1. The zero-order valence-electron chi connectivity index (χ0n) is 59.6. The molecule has 0 spiro atoms. The number of hydrogen-bond acceptors (Lipinski definition) is 23. The maximum absolute atomic E-state index is 13.5. The third kappa shape index (κ3) is 22.8. The molecule has 0 aliphatic carbocycles. The van der Waals surface area contributed by atoms with Crippen molar-refractivity contribution in [2.75, 3.05) is 17.2 Å². The minimum atomic E-state index is -3.11. The van der Waals surface area contributed by atoms with E-state index in [1.54, 1.807) is 50.8 Å². The molecule has 27 nitrogen and oxygen atoms in total. The monoisotopic (exact) mass is 1590 g/mol. The zero-order chi connectivity index (χ0) is 81.9. The Morgan fingerprint density at radius 2 is 0.902 bits per heavy atom. The molecular weight excluding hydrogens is 1530 g/mol. The topological polar surface area (TPSA) is 394 Å². The number of ketones is 1. The largest absolute Gasteiger partial charge is 0.496 e. The van der Waals surface area contributed by atoms with Gasteiger partial charge in [0.15, 0.2) is 44.7 Å². The van der Waals surface area contributed by atoms with Crippen LogP contribution in [0, 0.1) is 17.5 Å². The molecule has 1 fully saturated rings. The molecule has 1 amide bonds. The molecule has 0 unspecified atom stereocenters. The molecule has 1 aliphatic heterocycles. The number of aromatic carboxylic acids is 1. The fourth-order valence-corrected chi connectivity index (χ4v) is 10.3. The summed E-state index contributed by atoms with van der Waals surface area (Å²) in [5.41, 5.74) is 26.5. The molecule has 3 aromatic carbocycles. The number of aromatic nitrogens is 11. The maximum atomic E-state index is 13.5. The fraction of sp³-hybridized carbons (Fsp3) is 0.205. The summed E-state index contributed by atoms with van der Waals surface area (Å²) in [6, 6.07) is 30.6. The molecule has 39 heteroatoms. The van der Waals surface area contributed by atoms with E-state index >= 15 is 0 Å². The number of alkyl halides is 6. The number of ether oxygens (including phenoxy) is 3. The summed E-state index contributed by atoms with van der Waals surface area (Å²) in [5, 5.41) is 11.1. The summed E-state index contributed by atoms with van der Waals surface area (Å²) < 4.78 is 140. The van der Waals surface area contributed by atoms with Crippen molar-refractivity contribution in [3.05, 3.63) is 247 Å². The average molecular weight is 1600 g/mol. The number of hydrogen-bond donors (Lipinski definition) is 6. The van der Waals surface area contributed by atoms with Gasteiger partial charge in [0.2, 0.25) is 11.1 Å². The molecule has 11 aromatic rings. The normalized spacial score (nSPS) is 12.4. The van der Waals surface area contributed by atoms with Crippen LogP contribution in [-0.4, -0.2) is 115 Å². The number of nitrogens with one attached hydrogen (secondary N) is 1. The Hall–Kier alpha value is -12.4. The van der Waals surface area contributed by atoms with Crippen LogP contribution in [0.4, 0.5) is 57.0 Å². The van der Waals surface area contributed by atoms with Crippen molar-refractivity contribution in [2.45, 2.75) is 84.7 Å². The number of carbonyl (C=O) groups is 3. The summed E-state index contributed by atoms with van der Waals surface area (Å²) in [6.45, 7) is -1.25. The number of anilines is 3. The first-order valence-corrected chi connectivity index (χ1v) is 33.5. The average Bonchev–Trinajstić information content (AvgIpc) is 1.65. The molecule has 112 heavy (non-hydrogen) atoms. The van der Waals surface area contributed by atoms with Crippen LogP contribution in [0.3, 0.4) is 0 Å². The number of carbonyl (C=O) groups excluding carboxylic acids is 2. The van der Waals surface area contributed by atoms with Crippen molar-refractivity contribution in [3.8, 4) is 62.3 Å². The van der Waals surface area contributed by atoms with Crippen LogP contribution in [0.1, 0.15) is 82.7 Å². The molecule has 8 aromatic heterocycles. The summed E-state index contributed by atoms with van der Waals surface area (Å²) in [4.78, 5) is 95.2. The Morgan fingerprint density at radius 3 is 1.36 bits per heavy atom. The van der Waals surface area contributed by atoms with E-state index in [1.807, 2.05) is 27.7 Å². The number of nitrogens with zero attached hydrogens (tertiary/aromatic N) is 11. The first-order chi connectivity index (χ1) is 53.0. The molecule has 1 aliphatic rings. The van der Waals surface area contributed by atoms with Crippen LogP contribution < -0.4 is 59.0 Å². The predicted octanol–water partition coefficient (Wildman–Crippen LogP) is 11.5. The molecule has 1 saturated heterocycles. The smallest absolute Gasteiger partial charge is 0.476 e. The van der Waals surface area contributed by atoms with E-state index in [4.69, 9.17) is 60.6 Å². The molecule has 9 heterocycles. The van der Waals surface area contributed by atoms with Gasteiger partial charge in [0.1, 0.15) is 57.7 Å². The minimum Gasteiger partial charge on any atom is -0.476 e. The predicted molar refractivity (Wildman–Crippen MR) is 395 cm³/mol. The highest BCUT2D eigenvalue weighted by Gasteiger charge is 2.52. The second-order valence-electron chi connectivity index (χ2n) is 24.3. The fourth-order valence-electron chi connectivity index (χ4n) is 9.81. The highest BCUT2D eigenvalue weighted by atomic mass is 35.5. The number of benzene rings is 3. The molecular formula is C73H66BCl2F9N16O11. The van der Waals surface area contributed by atoms with E-state index in [1.165, 1.54) is 131 Å². The van der Waals surface area contributed by atoms with Gasteiger partial charge in [-0.3, -0.25) is 19.2 Å². The zero-order valence-corrected chi connectivity index (χ0v) is 61.2. The first kappa shape index (κ1) is 85.2. The molecule has 12 rings (SSSR count). The van der Waals surface area contributed by atoms with Crippen LogP contribution in [0.5, 0.6) is 17.2 Å². The van der Waals surface area contributed by atoms with Crippen molar-refractivity contribution in [1.82, 2.24) is 59.3 Å². The van der Waals surface area contributed by atoms with Gasteiger partial charge >= 0.3 is 32.9 Å². The Kier molecular flexibility index (Phi) is 29.1. The number of pyridine rings is 5. The maximum Gasteiger partial charge on any atom is 0.496 e. The lowest BCUT2D eigenvalue weighted by Crippen LogP contribution is -2.41. The van der Waals surface area contributed by atoms with Crippen LogP contribution in [0.2, 0.25) is 10.3 Å². The lowest BCUT2D eigenvalue weighted by molar-refractivity contribution is -0.0513. The molecule has 0 radical (unpaired) electrons. The van der Waals surface area contributed by atoms with Crippen molar-refractivity contribution >= 4 is 70.9 Å². The van der Waals surface area contributed by atoms with Gasteiger partial charge in [-0.2, -0.15) is 26.3 Å². The lowest BCUT2D eigenvalue weighted by Gasteiger charge is -2.32.